The molecule has 0 atom stereocenters. The van der Waals surface area contributed by atoms with Gasteiger partial charge in [0.05, 0.1) is 0 Å². The zero-order valence-corrected chi connectivity index (χ0v) is 16.8. The third-order valence-corrected chi connectivity index (χ3v) is 5.22. The van der Waals surface area contributed by atoms with Crippen molar-refractivity contribution in [1.29, 1.82) is 0 Å². The lowest BCUT2D eigenvalue weighted by Crippen LogP contribution is -2.17. The molecule has 0 aliphatic heterocycles. The minimum Gasteiger partial charge on any atom is -0.507 e. The first-order valence-electron chi connectivity index (χ1n) is 8.66. The molecule has 0 amide bonds. The van der Waals surface area contributed by atoms with Gasteiger partial charge in [-0.15, -0.1) is 11.8 Å². The minimum absolute atomic E-state index is 0.0370. The van der Waals surface area contributed by atoms with E-state index < -0.39 is 0 Å². The standard InChI is InChI=1S/C22H30OS/c1-8-24-19-12-10-9-11-16(19)17-13-15(21(2,3)4)14-18(20(17)23)22(5,6)7/h9-14,23H,8H2,1-7H3. The molecule has 1 nitrogen and oxygen atoms in total. The van der Waals surface area contributed by atoms with Crippen LogP contribution in [0.2, 0.25) is 0 Å². The first-order chi connectivity index (χ1) is 11.1. The molecular weight excluding hydrogens is 312 g/mol. The summed E-state index contributed by atoms with van der Waals surface area (Å²) < 4.78 is 0. The second-order valence-corrected chi connectivity index (χ2v) is 9.65. The first kappa shape index (κ1) is 18.9. The van der Waals surface area contributed by atoms with E-state index in [4.69, 9.17) is 0 Å². The molecule has 0 fully saturated rings. The molecule has 0 heterocycles. The summed E-state index contributed by atoms with van der Waals surface area (Å²) in [7, 11) is 0. The molecule has 0 spiro atoms. The molecule has 24 heavy (non-hydrogen) atoms. The maximum absolute atomic E-state index is 11.1. The Hall–Kier alpha value is -1.41. The zero-order chi connectivity index (χ0) is 18.1. The predicted molar refractivity (Wildman–Crippen MR) is 107 cm³/mol. The van der Waals surface area contributed by atoms with E-state index in [1.165, 1.54) is 10.5 Å². The van der Waals surface area contributed by atoms with E-state index in [0.29, 0.717) is 5.75 Å². The fourth-order valence-corrected chi connectivity index (χ4v) is 3.63. The Balaban J connectivity index is 2.79. The zero-order valence-electron chi connectivity index (χ0n) is 16.0. The summed E-state index contributed by atoms with van der Waals surface area (Å²) in [6.07, 6.45) is 0. The quantitative estimate of drug-likeness (QED) is 0.621. The second-order valence-electron chi connectivity index (χ2n) is 8.35. The van der Waals surface area contributed by atoms with Gasteiger partial charge in [0.15, 0.2) is 0 Å². The van der Waals surface area contributed by atoms with E-state index in [9.17, 15) is 5.11 Å². The van der Waals surface area contributed by atoms with Crippen LogP contribution in [-0.4, -0.2) is 10.9 Å². The summed E-state index contributed by atoms with van der Waals surface area (Å²) in [6.45, 7) is 15.3. The molecule has 0 aliphatic carbocycles. The largest absolute Gasteiger partial charge is 0.507 e. The molecule has 2 rings (SSSR count). The molecule has 130 valence electrons. The van der Waals surface area contributed by atoms with Gasteiger partial charge in [-0.2, -0.15) is 0 Å². The molecule has 0 saturated carbocycles. The van der Waals surface area contributed by atoms with Gasteiger partial charge >= 0.3 is 0 Å². The van der Waals surface area contributed by atoms with E-state index in [1.807, 2.05) is 11.8 Å². The van der Waals surface area contributed by atoms with Gasteiger partial charge in [0.2, 0.25) is 0 Å². The highest BCUT2D eigenvalue weighted by atomic mass is 32.2. The van der Waals surface area contributed by atoms with Crippen LogP contribution in [0.25, 0.3) is 11.1 Å². The van der Waals surface area contributed by atoms with Gasteiger partial charge in [0.25, 0.3) is 0 Å². The first-order valence-corrected chi connectivity index (χ1v) is 9.64. The predicted octanol–water partition coefficient (Wildman–Crippen LogP) is 6.77. The van der Waals surface area contributed by atoms with Crippen molar-refractivity contribution in [2.24, 2.45) is 0 Å². The van der Waals surface area contributed by atoms with Crippen LogP contribution in [0.15, 0.2) is 41.3 Å². The van der Waals surface area contributed by atoms with E-state index in [-0.39, 0.29) is 10.8 Å². The van der Waals surface area contributed by atoms with Crippen molar-refractivity contribution < 1.29 is 5.11 Å². The molecular formula is C22H30OS. The highest BCUT2D eigenvalue weighted by Crippen LogP contribution is 2.44. The Kier molecular flexibility index (Phi) is 5.39. The fraction of sp³-hybridized carbons (Fsp3) is 0.455. The number of benzene rings is 2. The summed E-state index contributed by atoms with van der Waals surface area (Å²) in [4.78, 5) is 1.22. The highest BCUT2D eigenvalue weighted by Gasteiger charge is 2.26. The molecule has 0 unspecified atom stereocenters. The Labute approximate surface area is 151 Å². The number of thioether (sulfide) groups is 1. The minimum atomic E-state index is -0.104. The average Bonchev–Trinajstić information content (AvgIpc) is 2.46. The second kappa shape index (κ2) is 6.84. The Morgan fingerprint density at radius 3 is 2.04 bits per heavy atom. The number of hydrogen-bond donors (Lipinski definition) is 1. The summed E-state index contributed by atoms with van der Waals surface area (Å²) in [6, 6.07) is 12.7. The summed E-state index contributed by atoms with van der Waals surface area (Å²) in [5.41, 5.74) is 4.28. The SMILES string of the molecule is CCSc1ccccc1-c1cc(C(C)(C)C)cc(C(C)(C)C)c1O. The summed E-state index contributed by atoms with van der Waals surface area (Å²) >= 11 is 1.82. The Bertz CT molecular complexity index is 718. The van der Waals surface area contributed by atoms with E-state index in [2.05, 4.69) is 84.9 Å². The molecule has 0 aliphatic rings. The Morgan fingerprint density at radius 2 is 1.50 bits per heavy atom. The van der Waals surface area contributed by atoms with Crippen LogP contribution in [0.5, 0.6) is 5.75 Å². The van der Waals surface area contributed by atoms with Crippen molar-refractivity contribution in [3.8, 4) is 16.9 Å². The van der Waals surface area contributed by atoms with Gasteiger partial charge in [-0.05, 0) is 39.8 Å². The molecule has 0 bridgehead atoms. The summed E-state index contributed by atoms with van der Waals surface area (Å²) in [5, 5.41) is 11.1. The van der Waals surface area contributed by atoms with Crippen LogP contribution >= 0.6 is 11.8 Å². The van der Waals surface area contributed by atoms with E-state index in [0.717, 1.165) is 22.4 Å². The molecule has 0 aromatic heterocycles. The van der Waals surface area contributed by atoms with E-state index in [1.54, 1.807) is 0 Å². The van der Waals surface area contributed by atoms with Crippen molar-refractivity contribution in [2.45, 2.75) is 64.2 Å². The lowest BCUT2D eigenvalue weighted by Gasteiger charge is -2.28. The monoisotopic (exact) mass is 342 g/mol. The van der Waals surface area contributed by atoms with Gasteiger partial charge < -0.3 is 5.11 Å². The van der Waals surface area contributed by atoms with Crippen LogP contribution in [0.3, 0.4) is 0 Å². The molecule has 0 saturated heterocycles. The van der Waals surface area contributed by atoms with Crippen molar-refractivity contribution in [2.75, 3.05) is 5.75 Å². The van der Waals surface area contributed by atoms with Crippen molar-refractivity contribution in [3.63, 3.8) is 0 Å². The van der Waals surface area contributed by atoms with Crippen LogP contribution in [-0.2, 0) is 10.8 Å². The number of aromatic hydroxyl groups is 1. The van der Waals surface area contributed by atoms with Gasteiger partial charge in [0.1, 0.15) is 5.75 Å². The maximum atomic E-state index is 11.1. The van der Waals surface area contributed by atoms with Crippen molar-refractivity contribution >= 4 is 11.8 Å². The average molecular weight is 343 g/mol. The number of hydrogen-bond acceptors (Lipinski definition) is 2. The van der Waals surface area contributed by atoms with Gasteiger partial charge in [-0.25, -0.2) is 0 Å². The topological polar surface area (TPSA) is 20.2 Å². The number of phenolic OH excluding ortho intramolecular Hbond substituents is 1. The van der Waals surface area contributed by atoms with Crippen LogP contribution in [0, 0.1) is 0 Å². The van der Waals surface area contributed by atoms with Gasteiger partial charge in [-0.1, -0.05) is 72.7 Å². The van der Waals surface area contributed by atoms with Gasteiger partial charge in [-0.3, -0.25) is 0 Å². The van der Waals surface area contributed by atoms with Crippen LogP contribution < -0.4 is 0 Å². The third kappa shape index (κ3) is 3.97. The van der Waals surface area contributed by atoms with Crippen molar-refractivity contribution in [1.82, 2.24) is 0 Å². The molecule has 1 N–H and O–H groups in total. The molecule has 2 heteroatoms. The summed E-state index contributed by atoms with van der Waals surface area (Å²) in [5.74, 6) is 1.43. The molecule has 0 radical (unpaired) electrons. The number of phenols is 1. The molecule has 2 aromatic carbocycles. The fourth-order valence-electron chi connectivity index (χ4n) is 2.82. The van der Waals surface area contributed by atoms with Crippen molar-refractivity contribution in [3.05, 3.63) is 47.5 Å². The van der Waals surface area contributed by atoms with Crippen LogP contribution in [0.4, 0.5) is 0 Å². The number of rotatable bonds is 3. The Morgan fingerprint density at radius 1 is 0.875 bits per heavy atom. The highest BCUT2D eigenvalue weighted by molar-refractivity contribution is 7.99. The normalized spacial score (nSPS) is 12.5. The lowest BCUT2D eigenvalue weighted by atomic mass is 9.78. The lowest BCUT2D eigenvalue weighted by molar-refractivity contribution is 0.446. The third-order valence-electron chi connectivity index (χ3n) is 4.26. The maximum Gasteiger partial charge on any atom is 0.127 e. The molecule has 2 aromatic rings. The smallest absolute Gasteiger partial charge is 0.127 e. The van der Waals surface area contributed by atoms with E-state index >= 15 is 0 Å². The van der Waals surface area contributed by atoms with Gasteiger partial charge in [0, 0.05) is 16.0 Å². The van der Waals surface area contributed by atoms with Crippen LogP contribution in [0.1, 0.15) is 59.6 Å².